The van der Waals surface area contributed by atoms with Crippen molar-refractivity contribution < 1.29 is 4.79 Å². The van der Waals surface area contributed by atoms with Crippen LogP contribution >= 0.6 is 22.9 Å². The largest absolute Gasteiger partial charge is 0.303 e. The van der Waals surface area contributed by atoms with Crippen LogP contribution in [0.5, 0.6) is 0 Å². The number of hydrogen-bond donors (Lipinski definition) is 1. The first kappa shape index (κ1) is 10.1. The Bertz CT molecular complexity index is 493. The zero-order chi connectivity index (χ0) is 10.8. The Labute approximate surface area is 93.9 Å². The Morgan fingerprint density at radius 2 is 2.40 bits per heavy atom. The molecular weight excluding hydrogens is 238 g/mol. The Kier molecular flexibility index (Phi) is 2.65. The molecule has 0 radical (unpaired) electrons. The standard InChI is InChI=1S/C7H6ClN5OS/c1-13-3-2-4(12-13)9-5(14)6-10-11-7(8)15-6/h2-3H,1H3,(H,9,12,14). The lowest BCUT2D eigenvalue weighted by atomic mass is 10.5. The van der Waals surface area contributed by atoms with E-state index in [0.29, 0.717) is 5.82 Å². The number of anilines is 1. The van der Waals surface area contributed by atoms with Gasteiger partial charge in [0.2, 0.25) is 9.47 Å². The summed E-state index contributed by atoms with van der Waals surface area (Å²) in [6, 6.07) is 1.68. The van der Waals surface area contributed by atoms with E-state index in [4.69, 9.17) is 11.6 Å². The van der Waals surface area contributed by atoms with E-state index in [-0.39, 0.29) is 15.4 Å². The zero-order valence-electron chi connectivity index (χ0n) is 7.64. The third kappa shape index (κ3) is 2.31. The Morgan fingerprint density at radius 3 is 2.93 bits per heavy atom. The van der Waals surface area contributed by atoms with Crippen molar-refractivity contribution in [3.8, 4) is 0 Å². The number of rotatable bonds is 2. The molecule has 1 N–H and O–H groups in total. The van der Waals surface area contributed by atoms with Gasteiger partial charge < -0.3 is 5.32 Å². The quantitative estimate of drug-likeness (QED) is 0.860. The minimum atomic E-state index is -0.363. The molecule has 0 saturated carbocycles. The van der Waals surface area contributed by atoms with Crippen LogP contribution in [0.1, 0.15) is 9.80 Å². The van der Waals surface area contributed by atoms with Crippen LogP contribution in [0.3, 0.4) is 0 Å². The summed E-state index contributed by atoms with van der Waals surface area (Å²) in [5.74, 6) is 0.104. The van der Waals surface area contributed by atoms with Gasteiger partial charge in [0.25, 0.3) is 5.91 Å². The average Bonchev–Trinajstić information content (AvgIpc) is 2.75. The number of aromatic nitrogens is 4. The fourth-order valence-corrected chi connectivity index (χ4v) is 1.67. The molecule has 2 aromatic heterocycles. The van der Waals surface area contributed by atoms with Gasteiger partial charge in [0.15, 0.2) is 5.82 Å². The topological polar surface area (TPSA) is 72.7 Å². The Balaban J connectivity index is 2.10. The SMILES string of the molecule is Cn1ccc(NC(=O)c2nnc(Cl)s2)n1. The number of halogens is 1. The lowest BCUT2D eigenvalue weighted by Crippen LogP contribution is -2.12. The number of carbonyl (C=O) groups is 1. The molecule has 0 spiro atoms. The highest BCUT2D eigenvalue weighted by molar-refractivity contribution is 7.17. The smallest absolute Gasteiger partial charge is 0.287 e. The molecule has 0 atom stereocenters. The van der Waals surface area contributed by atoms with Gasteiger partial charge in [-0.1, -0.05) is 11.3 Å². The second-order valence-electron chi connectivity index (χ2n) is 2.69. The molecule has 2 heterocycles. The van der Waals surface area contributed by atoms with Gasteiger partial charge in [-0.3, -0.25) is 9.48 Å². The highest BCUT2D eigenvalue weighted by atomic mass is 35.5. The van der Waals surface area contributed by atoms with E-state index in [1.807, 2.05) is 0 Å². The zero-order valence-corrected chi connectivity index (χ0v) is 9.21. The summed E-state index contributed by atoms with van der Waals surface area (Å²) in [6.07, 6.45) is 1.72. The van der Waals surface area contributed by atoms with Crippen LogP contribution < -0.4 is 5.32 Å². The molecule has 78 valence electrons. The van der Waals surface area contributed by atoms with Crippen molar-refractivity contribution in [1.29, 1.82) is 0 Å². The van der Waals surface area contributed by atoms with Gasteiger partial charge in [0.05, 0.1) is 0 Å². The maximum atomic E-state index is 11.5. The van der Waals surface area contributed by atoms with E-state index < -0.39 is 0 Å². The Morgan fingerprint density at radius 1 is 1.60 bits per heavy atom. The number of nitrogens with one attached hydrogen (secondary N) is 1. The lowest BCUT2D eigenvalue weighted by molar-refractivity contribution is 0.102. The predicted molar refractivity (Wildman–Crippen MR) is 56.1 cm³/mol. The van der Waals surface area contributed by atoms with Crippen molar-refractivity contribution in [2.75, 3.05) is 5.32 Å². The van der Waals surface area contributed by atoms with E-state index in [1.165, 1.54) is 0 Å². The molecular formula is C7H6ClN5OS. The summed E-state index contributed by atoms with van der Waals surface area (Å²) in [6.45, 7) is 0. The number of carbonyl (C=O) groups excluding carboxylic acids is 1. The second kappa shape index (κ2) is 3.95. The highest BCUT2D eigenvalue weighted by Gasteiger charge is 2.12. The van der Waals surface area contributed by atoms with Crippen LogP contribution in [0, 0.1) is 0 Å². The van der Waals surface area contributed by atoms with E-state index in [1.54, 1.807) is 24.0 Å². The maximum Gasteiger partial charge on any atom is 0.287 e. The Hall–Kier alpha value is -1.47. The van der Waals surface area contributed by atoms with E-state index in [2.05, 4.69) is 20.6 Å². The van der Waals surface area contributed by atoms with Gasteiger partial charge in [-0.2, -0.15) is 5.10 Å². The summed E-state index contributed by atoms with van der Waals surface area (Å²) in [5.41, 5.74) is 0. The minimum Gasteiger partial charge on any atom is -0.303 e. The van der Waals surface area contributed by atoms with Crippen LogP contribution in [0.2, 0.25) is 4.47 Å². The summed E-state index contributed by atoms with van der Waals surface area (Å²) in [5, 5.41) is 13.9. The number of amides is 1. The number of hydrogen-bond acceptors (Lipinski definition) is 5. The minimum absolute atomic E-state index is 0.214. The molecule has 0 bridgehead atoms. The molecule has 8 heteroatoms. The second-order valence-corrected chi connectivity index (χ2v) is 4.25. The molecule has 0 aromatic carbocycles. The van der Waals surface area contributed by atoms with Crippen molar-refractivity contribution >= 4 is 34.7 Å². The van der Waals surface area contributed by atoms with Crippen LogP contribution in [-0.4, -0.2) is 25.9 Å². The first-order chi connectivity index (χ1) is 7.15. The van der Waals surface area contributed by atoms with E-state index in [9.17, 15) is 4.79 Å². The van der Waals surface area contributed by atoms with Crippen molar-refractivity contribution in [3.05, 3.63) is 21.7 Å². The van der Waals surface area contributed by atoms with Gasteiger partial charge in [-0.25, -0.2) is 0 Å². The third-order valence-electron chi connectivity index (χ3n) is 1.55. The summed E-state index contributed by atoms with van der Waals surface area (Å²) < 4.78 is 1.82. The molecule has 2 aromatic rings. The van der Waals surface area contributed by atoms with Gasteiger partial charge in [0, 0.05) is 19.3 Å². The fourth-order valence-electron chi connectivity index (χ4n) is 0.949. The van der Waals surface area contributed by atoms with E-state index in [0.717, 1.165) is 11.3 Å². The number of aryl methyl sites for hydroxylation is 1. The predicted octanol–water partition coefficient (Wildman–Crippen LogP) is 1.18. The molecule has 2 rings (SSSR count). The van der Waals surface area contributed by atoms with Crippen LogP contribution in [0.25, 0.3) is 0 Å². The van der Waals surface area contributed by atoms with Crippen LogP contribution in [0.15, 0.2) is 12.3 Å². The third-order valence-corrected chi connectivity index (χ3v) is 2.57. The fraction of sp³-hybridized carbons (Fsp3) is 0.143. The molecule has 0 aliphatic heterocycles. The van der Waals surface area contributed by atoms with Crippen LogP contribution in [0.4, 0.5) is 5.82 Å². The molecule has 0 aliphatic carbocycles. The normalized spacial score (nSPS) is 10.3. The summed E-state index contributed by atoms with van der Waals surface area (Å²) in [7, 11) is 1.76. The molecule has 0 fully saturated rings. The first-order valence-corrected chi connectivity index (χ1v) is 5.14. The van der Waals surface area contributed by atoms with Crippen molar-refractivity contribution in [2.45, 2.75) is 0 Å². The lowest BCUT2D eigenvalue weighted by Gasteiger charge is -1.95. The van der Waals surface area contributed by atoms with Gasteiger partial charge in [-0.05, 0) is 11.6 Å². The van der Waals surface area contributed by atoms with Gasteiger partial charge in [0.1, 0.15) is 0 Å². The number of nitrogens with zero attached hydrogens (tertiary/aromatic N) is 4. The van der Waals surface area contributed by atoms with Crippen molar-refractivity contribution in [2.24, 2.45) is 7.05 Å². The average molecular weight is 244 g/mol. The molecule has 0 aliphatic rings. The molecule has 1 amide bonds. The van der Waals surface area contributed by atoms with Crippen molar-refractivity contribution in [3.63, 3.8) is 0 Å². The van der Waals surface area contributed by atoms with Gasteiger partial charge in [-0.15, -0.1) is 10.2 Å². The molecule has 6 nitrogen and oxygen atoms in total. The maximum absolute atomic E-state index is 11.5. The van der Waals surface area contributed by atoms with E-state index >= 15 is 0 Å². The first-order valence-electron chi connectivity index (χ1n) is 3.95. The van der Waals surface area contributed by atoms with Crippen LogP contribution in [-0.2, 0) is 7.05 Å². The summed E-state index contributed by atoms with van der Waals surface area (Å²) >= 11 is 6.58. The highest BCUT2D eigenvalue weighted by Crippen LogP contribution is 2.15. The van der Waals surface area contributed by atoms with Gasteiger partial charge >= 0.3 is 0 Å². The molecule has 15 heavy (non-hydrogen) atoms. The molecule has 0 saturated heterocycles. The van der Waals surface area contributed by atoms with Crippen molar-refractivity contribution in [1.82, 2.24) is 20.0 Å². The monoisotopic (exact) mass is 243 g/mol. The summed E-state index contributed by atoms with van der Waals surface area (Å²) in [4.78, 5) is 11.5. The molecule has 0 unspecified atom stereocenters.